The topological polar surface area (TPSA) is 37.4 Å². The first kappa shape index (κ1) is 12.8. The molecule has 0 bridgehead atoms. The monoisotopic (exact) mass is 263 g/mol. The Morgan fingerprint density at radius 3 is 2.94 bits per heavy atom. The number of hydrogen-bond acceptors (Lipinski definition) is 2. The van der Waals surface area contributed by atoms with Crippen LogP contribution in [0.5, 0.6) is 0 Å². The number of amides is 1. The smallest absolute Gasteiger partial charge is 0.227 e. The normalized spacial score (nSPS) is 15.0. The van der Waals surface area contributed by atoms with Crippen molar-refractivity contribution in [1.29, 1.82) is 0 Å². The Morgan fingerprint density at radius 1 is 1.44 bits per heavy atom. The van der Waals surface area contributed by atoms with E-state index in [-0.39, 0.29) is 17.6 Å². The van der Waals surface area contributed by atoms with Crippen molar-refractivity contribution in [3.63, 3.8) is 0 Å². The van der Waals surface area contributed by atoms with Crippen molar-refractivity contribution < 1.29 is 9.59 Å². The molecule has 1 aliphatic heterocycles. The molecule has 1 amide bonds. The average molecular weight is 264 g/mol. The van der Waals surface area contributed by atoms with Crippen LogP contribution in [0, 0.1) is 0 Å². The zero-order valence-electron chi connectivity index (χ0n) is 10.1. The van der Waals surface area contributed by atoms with Gasteiger partial charge < -0.3 is 4.90 Å². The molecule has 3 nitrogen and oxygen atoms in total. The van der Waals surface area contributed by atoms with Gasteiger partial charge in [-0.25, -0.2) is 0 Å². The fraction of sp³-hybridized carbons (Fsp3) is 0.286. The van der Waals surface area contributed by atoms with E-state index in [4.69, 9.17) is 11.6 Å². The third-order valence-corrected chi connectivity index (χ3v) is 3.30. The fourth-order valence-electron chi connectivity index (χ4n) is 2.01. The summed E-state index contributed by atoms with van der Waals surface area (Å²) in [6.07, 6.45) is 4.52. The van der Waals surface area contributed by atoms with Gasteiger partial charge in [0.1, 0.15) is 0 Å². The maximum atomic E-state index is 11.5. The van der Waals surface area contributed by atoms with Crippen LogP contribution in [0.15, 0.2) is 24.3 Å². The lowest BCUT2D eigenvalue weighted by atomic mass is 9.99. The highest BCUT2D eigenvalue weighted by Crippen LogP contribution is 2.27. The van der Waals surface area contributed by atoms with E-state index in [9.17, 15) is 9.59 Å². The van der Waals surface area contributed by atoms with E-state index < -0.39 is 0 Å². The van der Waals surface area contributed by atoms with Crippen LogP contribution >= 0.6 is 11.6 Å². The van der Waals surface area contributed by atoms with Gasteiger partial charge in [-0.05, 0) is 35.8 Å². The van der Waals surface area contributed by atoms with Gasteiger partial charge in [-0.1, -0.05) is 12.1 Å². The molecule has 0 unspecified atom stereocenters. The van der Waals surface area contributed by atoms with Gasteiger partial charge in [-0.15, -0.1) is 11.6 Å². The number of carbonyl (C=O) groups excluding carboxylic acids is 2. The number of allylic oxidation sites excluding steroid dienone is 1. The number of aryl methyl sites for hydroxylation is 1. The van der Waals surface area contributed by atoms with Crippen molar-refractivity contribution in [1.82, 2.24) is 0 Å². The number of nitrogens with zero attached hydrogens (tertiary/aromatic N) is 1. The molecule has 0 aliphatic carbocycles. The second kappa shape index (κ2) is 5.36. The predicted molar refractivity (Wildman–Crippen MR) is 72.9 cm³/mol. The minimum absolute atomic E-state index is 0.00131. The van der Waals surface area contributed by atoms with E-state index in [2.05, 4.69) is 0 Å². The molecule has 94 valence electrons. The van der Waals surface area contributed by atoms with Gasteiger partial charge in [0.25, 0.3) is 0 Å². The molecule has 4 heteroatoms. The van der Waals surface area contributed by atoms with E-state index in [1.165, 1.54) is 6.08 Å². The Morgan fingerprint density at radius 2 is 2.22 bits per heavy atom. The van der Waals surface area contributed by atoms with Gasteiger partial charge in [0.2, 0.25) is 5.91 Å². The summed E-state index contributed by atoms with van der Waals surface area (Å²) in [6, 6.07) is 5.82. The lowest BCUT2D eigenvalue weighted by Crippen LogP contribution is -2.31. The minimum atomic E-state index is -0.110. The molecule has 1 aromatic rings. The molecule has 18 heavy (non-hydrogen) atoms. The van der Waals surface area contributed by atoms with Crippen molar-refractivity contribution >= 4 is 35.1 Å². The van der Waals surface area contributed by atoms with Crippen molar-refractivity contribution in [2.75, 3.05) is 17.8 Å². The van der Waals surface area contributed by atoms with E-state index in [1.54, 1.807) is 18.0 Å². The second-order valence-corrected chi connectivity index (χ2v) is 4.54. The quantitative estimate of drug-likeness (QED) is 0.620. The van der Waals surface area contributed by atoms with Crippen LogP contribution in [0.2, 0.25) is 0 Å². The second-order valence-electron chi connectivity index (χ2n) is 4.27. The standard InChI is InChI=1S/C14H14ClNO2/c1-16-13-6-3-10(2-5-12(17)9-15)8-11(13)4-7-14(16)18/h2-3,5-6,8H,4,7,9H2,1H3. The Hall–Kier alpha value is -1.61. The number of benzene rings is 1. The molecule has 0 atom stereocenters. The molecule has 2 rings (SSSR count). The Bertz CT molecular complexity index is 523. The van der Waals surface area contributed by atoms with Crippen LogP contribution in [-0.2, 0) is 16.0 Å². The van der Waals surface area contributed by atoms with E-state index >= 15 is 0 Å². The Balaban J connectivity index is 2.25. The fourth-order valence-corrected chi connectivity index (χ4v) is 2.10. The predicted octanol–water partition coefficient (Wildman–Crippen LogP) is 2.42. The van der Waals surface area contributed by atoms with Gasteiger partial charge in [0, 0.05) is 19.2 Å². The zero-order chi connectivity index (χ0) is 13.1. The third-order valence-electron chi connectivity index (χ3n) is 3.04. The number of alkyl halides is 1. The zero-order valence-corrected chi connectivity index (χ0v) is 10.9. The SMILES string of the molecule is CN1C(=O)CCc2cc(C=CC(=O)CCl)ccc21. The van der Waals surface area contributed by atoms with Crippen LogP contribution in [-0.4, -0.2) is 24.6 Å². The molecule has 0 fully saturated rings. The summed E-state index contributed by atoms with van der Waals surface area (Å²) in [5, 5.41) is 0. The molecule has 0 saturated heterocycles. The third kappa shape index (κ3) is 2.62. The molecule has 0 saturated carbocycles. The highest BCUT2D eigenvalue weighted by atomic mass is 35.5. The number of rotatable bonds is 3. The number of ketones is 1. The summed E-state index contributed by atoms with van der Waals surface area (Å²) in [4.78, 5) is 24.3. The average Bonchev–Trinajstić information content (AvgIpc) is 2.40. The summed E-state index contributed by atoms with van der Waals surface area (Å²) < 4.78 is 0. The Labute approximate surface area is 111 Å². The summed E-state index contributed by atoms with van der Waals surface area (Å²) >= 11 is 5.42. The number of anilines is 1. The van der Waals surface area contributed by atoms with Gasteiger partial charge >= 0.3 is 0 Å². The van der Waals surface area contributed by atoms with Crippen molar-refractivity contribution in [3.8, 4) is 0 Å². The number of fused-ring (bicyclic) bond motifs is 1. The van der Waals surface area contributed by atoms with E-state index in [0.717, 1.165) is 23.2 Å². The van der Waals surface area contributed by atoms with Crippen LogP contribution in [0.3, 0.4) is 0 Å². The first-order valence-corrected chi connectivity index (χ1v) is 6.31. The van der Waals surface area contributed by atoms with E-state index in [0.29, 0.717) is 6.42 Å². The van der Waals surface area contributed by atoms with Gasteiger partial charge in [0.05, 0.1) is 5.88 Å². The summed E-state index contributed by atoms with van der Waals surface area (Å²) in [7, 11) is 1.78. The minimum Gasteiger partial charge on any atom is -0.315 e. The van der Waals surface area contributed by atoms with Gasteiger partial charge in [0.15, 0.2) is 5.78 Å². The molecule has 1 aliphatic rings. The van der Waals surface area contributed by atoms with Crippen molar-refractivity contribution in [2.24, 2.45) is 0 Å². The summed E-state index contributed by atoms with van der Waals surface area (Å²) in [5.74, 6) is 0.0309. The molecule has 0 radical (unpaired) electrons. The molecule has 0 N–H and O–H groups in total. The molecule has 0 aromatic heterocycles. The van der Waals surface area contributed by atoms with Crippen LogP contribution in [0.1, 0.15) is 17.5 Å². The number of halogens is 1. The molecular weight excluding hydrogens is 250 g/mol. The van der Waals surface area contributed by atoms with Crippen molar-refractivity contribution in [3.05, 3.63) is 35.4 Å². The summed E-state index contributed by atoms with van der Waals surface area (Å²) in [6.45, 7) is 0. The largest absolute Gasteiger partial charge is 0.315 e. The molecular formula is C14H14ClNO2. The molecule has 1 aromatic carbocycles. The summed E-state index contributed by atoms with van der Waals surface area (Å²) in [5.41, 5.74) is 3.04. The van der Waals surface area contributed by atoms with E-state index in [1.807, 2.05) is 18.2 Å². The van der Waals surface area contributed by atoms with Crippen LogP contribution in [0.4, 0.5) is 5.69 Å². The first-order valence-electron chi connectivity index (χ1n) is 5.78. The van der Waals surface area contributed by atoms with Crippen molar-refractivity contribution in [2.45, 2.75) is 12.8 Å². The Kier molecular flexibility index (Phi) is 3.82. The maximum absolute atomic E-state index is 11.5. The maximum Gasteiger partial charge on any atom is 0.227 e. The van der Waals surface area contributed by atoms with Crippen LogP contribution < -0.4 is 4.90 Å². The van der Waals surface area contributed by atoms with Crippen LogP contribution in [0.25, 0.3) is 6.08 Å². The molecule has 1 heterocycles. The van der Waals surface area contributed by atoms with Gasteiger partial charge in [-0.2, -0.15) is 0 Å². The van der Waals surface area contributed by atoms with Gasteiger partial charge in [-0.3, -0.25) is 9.59 Å². The lowest BCUT2D eigenvalue weighted by molar-refractivity contribution is -0.118. The highest BCUT2D eigenvalue weighted by molar-refractivity contribution is 6.29. The number of carbonyl (C=O) groups is 2. The number of hydrogen-bond donors (Lipinski definition) is 0. The first-order chi connectivity index (χ1) is 8.61. The highest BCUT2D eigenvalue weighted by Gasteiger charge is 2.20. The molecule has 0 spiro atoms. The lowest BCUT2D eigenvalue weighted by Gasteiger charge is -2.25.